The molecule has 0 saturated carbocycles. The molecule has 0 unspecified atom stereocenters. The van der Waals surface area contributed by atoms with Gasteiger partial charge in [-0.1, -0.05) is 35.3 Å². The van der Waals surface area contributed by atoms with Gasteiger partial charge in [-0.05, 0) is 30.3 Å². The number of carbonyl (C=O) groups is 1. The van der Waals surface area contributed by atoms with E-state index in [0.29, 0.717) is 27.2 Å². The average molecular weight is 325 g/mol. The molecule has 6 heteroatoms. The lowest BCUT2D eigenvalue weighted by molar-refractivity contribution is -0.116. The van der Waals surface area contributed by atoms with Crippen molar-refractivity contribution >= 4 is 40.5 Å². The highest BCUT2D eigenvalue weighted by atomic mass is 35.5. The number of hydrogen-bond donors (Lipinski definition) is 2. The number of rotatable bonds is 5. The van der Waals surface area contributed by atoms with Crippen molar-refractivity contribution in [2.24, 2.45) is 0 Å². The van der Waals surface area contributed by atoms with Crippen molar-refractivity contribution in [1.82, 2.24) is 0 Å². The van der Waals surface area contributed by atoms with E-state index in [1.165, 1.54) is 0 Å². The summed E-state index contributed by atoms with van der Waals surface area (Å²) in [7, 11) is 0. The molecule has 2 rings (SSSR count). The number of halogens is 2. The third kappa shape index (κ3) is 4.55. The molecular weight excluding hydrogens is 311 g/mol. The van der Waals surface area contributed by atoms with Gasteiger partial charge in [-0.15, -0.1) is 0 Å². The highest BCUT2D eigenvalue weighted by Gasteiger charge is 2.06. The van der Waals surface area contributed by atoms with Crippen molar-refractivity contribution in [3.63, 3.8) is 0 Å². The maximum atomic E-state index is 11.8. The Bertz CT molecular complexity index is 647. The van der Waals surface area contributed by atoms with Crippen LogP contribution in [0.4, 0.5) is 11.4 Å². The number of nitrogens with one attached hydrogen (secondary N) is 1. The van der Waals surface area contributed by atoms with Gasteiger partial charge in [0.05, 0.1) is 28.8 Å². The number of hydrogen-bond acceptors (Lipinski definition) is 3. The van der Waals surface area contributed by atoms with Crippen LogP contribution >= 0.6 is 23.2 Å². The highest BCUT2D eigenvalue weighted by Crippen LogP contribution is 2.25. The molecule has 0 radical (unpaired) electrons. The summed E-state index contributed by atoms with van der Waals surface area (Å²) in [6.07, 6.45) is 0.203. The van der Waals surface area contributed by atoms with E-state index in [-0.39, 0.29) is 18.9 Å². The number of ether oxygens (including phenoxy) is 1. The van der Waals surface area contributed by atoms with Gasteiger partial charge in [0.15, 0.2) is 0 Å². The van der Waals surface area contributed by atoms with Crippen LogP contribution in [0.15, 0.2) is 42.5 Å². The molecule has 0 bridgehead atoms. The minimum atomic E-state index is -0.178. The molecule has 0 fully saturated rings. The molecule has 4 nitrogen and oxygen atoms in total. The summed E-state index contributed by atoms with van der Waals surface area (Å²) in [6.45, 7) is 0.237. The number of amides is 1. The lowest BCUT2D eigenvalue weighted by atomic mass is 10.3. The SMILES string of the molecule is Nc1ccccc1OCCC(=O)Nc1ccc(Cl)c(Cl)c1. The van der Waals surface area contributed by atoms with Crippen LogP contribution in [0.3, 0.4) is 0 Å². The minimum Gasteiger partial charge on any atom is -0.491 e. The van der Waals surface area contributed by atoms with E-state index in [1.54, 1.807) is 30.3 Å². The second-order valence-corrected chi connectivity index (χ2v) is 5.13. The lowest BCUT2D eigenvalue weighted by Crippen LogP contribution is -2.15. The largest absolute Gasteiger partial charge is 0.491 e. The Kier molecular flexibility index (Phi) is 5.31. The first-order chi connectivity index (χ1) is 10.1. The molecule has 3 N–H and O–H groups in total. The van der Waals surface area contributed by atoms with Gasteiger partial charge in [-0.25, -0.2) is 0 Å². The van der Waals surface area contributed by atoms with Crippen LogP contribution in [0.2, 0.25) is 10.0 Å². The van der Waals surface area contributed by atoms with Crippen LogP contribution in [0.25, 0.3) is 0 Å². The van der Waals surface area contributed by atoms with Crippen LogP contribution in [0.5, 0.6) is 5.75 Å². The number of nitrogen functional groups attached to an aromatic ring is 1. The van der Waals surface area contributed by atoms with Crippen molar-refractivity contribution in [3.05, 3.63) is 52.5 Å². The summed E-state index contributed by atoms with van der Waals surface area (Å²) in [5.41, 5.74) is 6.87. The van der Waals surface area contributed by atoms with Gasteiger partial charge in [0.2, 0.25) is 5.91 Å². The number of anilines is 2. The van der Waals surface area contributed by atoms with E-state index in [0.717, 1.165) is 0 Å². The number of para-hydroxylation sites is 2. The number of carbonyl (C=O) groups excluding carboxylic acids is 1. The Morgan fingerprint density at radius 1 is 1.14 bits per heavy atom. The van der Waals surface area contributed by atoms with Gasteiger partial charge in [0.1, 0.15) is 5.75 Å². The summed E-state index contributed by atoms with van der Waals surface area (Å²) in [5.74, 6) is 0.391. The zero-order chi connectivity index (χ0) is 15.2. The minimum absolute atomic E-state index is 0.178. The lowest BCUT2D eigenvalue weighted by Gasteiger charge is -2.09. The second kappa shape index (κ2) is 7.20. The van der Waals surface area contributed by atoms with E-state index in [9.17, 15) is 4.79 Å². The number of nitrogens with two attached hydrogens (primary N) is 1. The highest BCUT2D eigenvalue weighted by molar-refractivity contribution is 6.42. The van der Waals surface area contributed by atoms with Crippen molar-refractivity contribution in [2.45, 2.75) is 6.42 Å². The Balaban J connectivity index is 1.82. The van der Waals surface area contributed by atoms with E-state index in [1.807, 2.05) is 12.1 Å². The first-order valence-corrected chi connectivity index (χ1v) is 7.04. The van der Waals surface area contributed by atoms with Crippen LogP contribution in [0, 0.1) is 0 Å². The van der Waals surface area contributed by atoms with Gasteiger partial charge in [-0.3, -0.25) is 4.79 Å². The van der Waals surface area contributed by atoms with Crippen LogP contribution < -0.4 is 15.8 Å². The molecule has 0 aliphatic heterocycles. The van der Waals surface area contributed by atoms with Crippen molar-refractivity contribution < 1.29 is 9.53 Å². The van der Waals surface area contributed by atoms with Crippen LogP contribution in [-0.4, -0.2) is 12.5 Å². The molecule has 21 heavy (non-hydrogen) atoms. The van der Waals surface area contributed by atoms with Gasteiger partial charge in [0, 0.05) is 5.69 Å². The number of benzene rings is 2. The second-order valence-electron chi connectivity index (χ2n) is 4.31. The quantitative estimate of drug-likeness (QED) is 0.817. The molecule has 0 aliphatic rings. The van der Waals surface area contributed by atoms with Gasteiger partial charge in [-0.2, -0.15) is 0 Å². The van der Waals surface area contributed by atoms with E-state index in [4.69, 9.17) is 33.7 Å². The van der Waals surface area contributed by atoms with E-state index >= 15 is 0 Å². The van der Waals surface area contributed by atoms with Crippen molar-refractivity contribution in [2.75, 3.05) is 17.7 Å². The van der Waals surface area contributed by atoms with Crippen molar-refractivity contribution in [3.8, 4) is 5.75 Å². The smallest absolute Gasteiger partial charge is 0.227 e. The summed E-state index contributed by atoms with van der Waals surface area (Å²) in [4.78, 5) is 11.8. The predicted octanol–water partition coefficient (Wildman–Crippen LogP) is 3.98. The Morgan fingerprint density at radius 3 is 2.62 bits per heavy atom. The molecule has 0 atom stereocenters. The van der Waals surface area contributed by atoms with Crippen LogP contribution in [-0.2, 0) is 4.79 Å². The fourth-order valence-electron chi connectivity index (χ4n) is 1.66. The summed E-state index contributed by atoms with van der Waals surface area (Å²) < 4.78 is 5.45. The van der Waals surface area contributed by atoms with Crippen molar-refractivity contribution in [1.29, 1.82) is 0 Å². The third-order valence-corrected chi connectivity index (χ3v) is 3.45. The molecule has 2 aromatic carbocycles. The van der Waals surface area contributed by atoms with Gasteiger partial charge >= 0.3 is 0 Å². The van der Waals surface area contributed by atoms with Gasteiger partial charge in [0.25, 0.3) is 0 Å². The molecule has 0 heterocycles. The molecule has 2 aromatic rings. The normalized spacial score (nSPS) is 10.2. The molecule has 0 saturated heterocycles. The zero-order valence-electron chi connectivity index (χ0n) is 11.1. The summed E-state index contributed by atoms with van der Waals surface area (Å²) in [5, 5.41) is 3.55. The zero-order valence-corrected chi connectivity index (χ0v) is 12.6. The maximum absolute atomic E-state index is 11.8. The standard InChI is InChI=1S/C15H14Cl2N2O2/c16-11-6-5-10(9-12(11)17)19-15(20)7-8-21-14-4-2-1-3-13(14)18/h1-6,9H,7-8,18H2,(H,19,20). The summed E-state index contributed by atoms with van der Waals surface area (Å²) >= 11 is 11.7. The monoisotopic (exact) mass is 324 g/mol. The molecule has 1 amide bonds. The third-order valence-electron chi connectivity index (χ3n) is 2.71. The average Bonchev–Trinajstić information content (AvgIpc) is 2.45. The van der Waals surface area contributed by atoms with Crippen LogP contribution in [0.1, 0.15) is 6.42 Å². The topological polar surface area (TPSA) is 64.3 Å². The fraction of sp³-hybridized carbons (Fsp3) is 0.133. The summed E-state index contributed by atoms with van der Waals surface area (Å²) in [6, 6.07) is 12.0. The van der Waals surface area contributed by atoms with E-state index < -0.39 is 0 Å². The molecule has 110 valence electrons. The first-order valence-electron chi connectivity index (χ1n) is 6.28. The molecular formula is C15H14Cl2N2O2. The fourth-order valence-corrected chi connectivity index (χ4v) is 1.96. The Hall–Kier alpha value is -1.91. The molecule has 0 spiro atoms. The Morgan fingerprint density at radius 2 is 1.90 bits per heavy atom. The van der Waals surface area contributed by atoms with E-state index in [2.05, 4.69) is 5.32 Å². The first kappa shape index (κ1) is 15.5. The predicted molar refractivity (Wildman–Crippen MR) is 86.1 cm³/mol. The van der Waals surface area contributed by atoms with Gasteiger partial charge < -0.3 is 15.8 Å². The molecule has 0 aromatic heterocycles. The Labute approximate surface area is 132 Å². The molecule has 0 aliphatic carbocycles. The maximum Gasteiger partial charge on any atom is 0.227 e.